The molecule has 2 atom stereocenters. The number of rotatable bonds is 6. The molecule has 7 heteroatoms. The van der Waals surface area contributed by atoms with Gasteiger partial charge in [0.15, 0.2) is 0 Å². The highest BCUT2D eigenvalue weighted by molar-refractivity contribution is 5.87. The lowest BCUT2D eigenvalue weighted by atomic mass is 10.0. The van der Waals surface area contributed by atoms with Crippen molar-refractivity contribution in [3.63, 3.8) is 0 Å². The van der Waals surface area contributed by atoms with Gasteiger partial charge in [-0.05, 0) is 96.9 Å². The fourth-order valence-corrected chi connectivity index (χ4v) is 5.68. The van der Waals surface area contributed by atoms with Crippen LogP contribution in [-0.4, -0.2) is 16.1 Å². The molecule has 3 aromatic rings. The summed E-state index contributed by atoms with van der Waals surface area (Å²) in [6.45, 7) is 6.25. The molecule has 1 heterocycles. The molecule has 2 unspecified atom stereocenters. The number of carbonyl (C=O) groups is 1. The van der Waals surface area contributed by atoms with Crippen LogP contribution in [0, 0.1) is 11.8 Å². The van der Waals surface area contributed by atoms with E-state index in [4.69, 9.17) is 14.6 Å². The van der Waals surface area contributed by atoms with Crippen LogP contribution in [-0.2, 0) is 22.3 Å². The molecule has 0 bridgehead atoms. The van der Waals surface area contributed by atoms with Crippen LogP contribution < -0.4 is 0 Å². The summed E-state index contributed by atoms with van der Waals surface area (Å²) in [6.07, 6.45) is 6.27. The third-order valence-electron chi connectivity index (χ3n) is 7.63. The fourth-order valence-electron chi connectivity index (χ4n) is 5.68. The molecule has 1 aromatic heterocycles. The van der Waals surface area contributed by atoms with Crippen molar-refractivity contribution in [2.24, 2.45) is 11.8 Å². The smallest absolute Gasteiger partial charge is 0.418 e. The highest BCUT2D eigenvalue weighted by Gasteiger charge is 2.46. The first-order valence-corrected chi connectivity index (χ1v) is 12.8. The predicted molar refractivity (Wildman–Crippen MR) is 141 cm³/mol. The number of alkyl halides is 3. The maximum atomic E-state index is 13.8. The Hall–Kier alpha value is -3.74. The zero-order valence-corrected chi connectivity index (χ0v) is 21.2. The summed E-state index contributed by atoms with van der Waals surface area (Å²) in [5.74, 6) is 2.55. The molecular formula is C31H30F3NO3. The summed E-state index contributed by atoms with van der Waals surface area (Å²) in [5.41, 5.74) is 5.08. The molecule has 3 aliphatic rings. The van der Waals surface area contributed by atoms with Gasteiger partial charge in [0.05, 0.1) is 16.8 Å². The molecule has 0 aliphatic heterocycles. The Morgan fingerprint density at radius 2 is 1.95 bits per heavy atom. The number of hydrogen-bond donors (Lipinski definition) is 1. The average Bonchev–Trinajstić information content (AvgIpc) is 3.81. The van der Waals surface area contributed by atoms with Crippen molar-refractivity contribution >= 4 is 17.4 Å². The third-order valence-corrected chi connectivity index (χ3v) is 7.63. The molecule has 6 rings (SSSR count). The van der Waals surface area contributed by atoms with Gasteiger partial charge in [-0.2, -0.15) is 13.2 Å². The third kappa shape index (κ3) is 5.15. The van der Waals surface area contributed by atoms with Gasteiger partial charge in [-0.3, -0.25) is 4.79 Å². The topological polar surface area (TPSA) is 51.5 Å². The SMILES string of the molecule is C=C(/C=C1/CC2CC2/C1=C/C)OCc1ccc2c(C3CC3)cn(-c3ccccc3C(F)(F)F)c2c1.O=CO. The van der Waals surface area contributed by atoms with E-state index in [9.17, 15) is 13.2 Å². The molecule has 0 spiro atoms. The minimum absolute atomic E-state index is 0.155. The van der Waals surface area contributed by atoms with Crippen LogP contribution >= 0.6 is 0 Å². The summed E-state index contributed by atoms with van der Waals surface area (Å²) >= 11 is 0. The van der Waals surface area contributed by atoms with Gasteiger partial charge in [-0.1, -0.05) is 36.9 Å². The van der Waals surface area contributed by atoms with E-state index in [2.05, 4.69) is 19.6 Å². The zero-order chi connectivity index (χ0) is 27.0. The zero-order valence-electron chi connectivity index (χ0n) is 21.2. The maximum absolute atomic E-state index is 13.8. The van der Waals surface area contributed by atoms with Crippen LogP contribution in [0.15, 0.2) is 84.3 Å². The highest BCUT2D eigenvalue weighted by atomic mass is 19.4. The number of hydrogen-bond acceptors (Lipinski definition) is 2. The number of allylic oxidation sites excluding steroid dienone is 4. The summed E-state index contributed by atoms with van der Waals surface area (Å²) in [6, 6.07) is 11.8. The van der Waals surface area contributed by atoms with Crippen molar-refractivity contribution in [1.29, 1.82) is 0 Å². The van der Waals surface area contributed by atoms with Crippen LogP contribution in [0.4, 0.5) is 13.2 Å². The molecule has 0 saturated heterocycles. The second kappa shape index (κ2) is 10.2. The first kappa shape index (κ1) is 25.9. The van der Waals surface area contributed by atoms with Gasteiger partial charge in [0.1, 0.15) is 12.4 Å². The van der Waals surface area contributed by atoms with Crippen molar-refractivity contribution < 1.29 is 27.8 Å². The van der Waals surface area contributed by atoms with Crippen molar-refractivity contribution in [1.82, 2.24) is 4.57 Å². The first-order valence-electron chi connectivity index (χ1n) is 12.8. The quantitative estimate of drug-likeness (QED) is 0.263. The van der Waals surface area contributed by atoms with Crippen LogP contribution in [0.3, 0.4) is 0 Å². The van der Waals surface area contributed by atoms with E-state index >= 15 is 0 Å². The van der Waals surface area contributed by atoms with E-state index in [1.54, 1.807) is 16.7 Å². The van der Waals surface area contributed by atoms with Gasteiger partial charge < -0.3 is 14.4 Å². The summed E-state index contributed by atoms with van der Waals surface area (Å²) in [5, 5.41) is 7.90. The Labute approximate surface area is 219 Å². The number of benzene rings is 2. The van der Waals surface area contributed by atoms with Crippen LogP contribution in [0.2, 0.25) is 0 Å². The second-order valence-corrected chi connectivity index (χ2v) is 10.2. The maximum Gasteiger partial charge on any atom is 0.418 e. The molecule has 198 valence electrons. The number of fused-ring (bicyclic) bond motifs is 2. The summed E-state index contributed by atoms with van der Waals surface area (Å²) in [4.78, 5) is 8.36. The van der Waals surface area contributed by atoms with Gasteiger partial charge in [-0.25, -0.2) is 0 Å². The Morgan fingerprint density at radius 1 is 1.21 bits per heavy atom. The predicted octanol–water partition coefficient (Wildman–Crippen LogP) is 8.17. The first-order chi connectivity index (χ1) is 18.2. The molecule has 38 heavy (non-hydrogen) atoms. The molecule has 2 aromatic carbocycles. The molecule has 3 fully saturated rings. The van der Waals surface area contributed by atoms with Crippen molar-refractivity contribution in [3.8, 4) is 5.69 Å². The number of halogens is 3. The van der Waals surface area contributed by atoms with E-state index in [1.807, 2.05) is 30.5 Å². The number of para-hydroxylation sites is 1. The van der Waals surface area contributed by atoms with Crippen molar-refractivity contribution in [2.75, 3.05) is 0 Å². The van der Waals surface area contributed by atoms with E-state index < -0.39 is 11.7 Å². The molecule has 4 nitrogen and oxygen atoms in total. The normalized spacial score (nSPS) is 22.2. The number of aromatic nitrogens is 1. The Kier molecular flexibility index (Phi) is 6.95. The van der Waals surface area contributed by atoms with Crippen molar-refractivity contribution in [2.45, 2.75) is 51.3 Å². The number of nitrogens with zero attached hydrogens (tertiary/aromatic N) is 1. The Bertz CT molecular complexity index is 1440. The van der Waals surface area contributed by atoms with Gasteiger partial charge in [0.2, 0.25) is 0 Å². The molecule has 1 N–H and O–H groups in total. The van der Waals surface area contributed by atoms with Crippen molar-refractivity contribution in [3.05, 3.63) is 101 Å². The van der Waals surface area contributed by atoms with E-state index in [0.29, 0.717) is 18.3 Å². The van der Waals surface area contributed by atoms with Gasteiger partial charge >= 0.3 is 6.18 Å². The van der Waals surface area contributed by atoms with Gasteiger partial charge in [0.25, 0.3) is 6.47 Å². The Balaban J connectivity index is 0.000000937. The van der Waals surface area contributed by atoms with E-state index in [-0.39, 0.29) is 12.2 Å². The molecule has 3 aliphatic carbocycles. The minimum Gasteiger partial charge on any atom is -0.490 e. The molecule has 0 radical (unpaired) electrons. The molecule has 3 saturated carbocycles. The summed E-state index contributed by atoms with van der Waals surface area (Å²) < 4.78 is 49.1. The largest absolute Gasteiger partial charge is 0.490 e. The minimum atomic E-state index is -4.43. The summed E-state index contributed by atoms with van der Waals surface area (Å²) in [7, 11) is 0. The fraction of sp³-hybridized carbons (Fsp3) is 0.323. The lowest BCUT2D eigenvalue weighted by Gasteiger charge is -2.15. The average molecular weight is 522 g/mol. The van der Waals surface area contributed by atoms with Gasteiger partial charge in [0, 0.05) is 11.6 Å². The molecular weight excluding hydrogens is 491 g/mol. The number of carboxylic acid groups (broad SMARTS) is 1. The monoisotopic (exact) mass is 521 g/mol. The van der Waals surface area contributed by atoms with Crippen LogP contribution in [0.5, 0.6) is 0 Å². The van der Waals surface area contributed by atoms with Crippen LogP contribution in [0.1, 0.15) is 55.2 Å². The lowest BCUT2D eigenvalue weighted by Crippen LogP contribution is -2.10. The highest BCUT2D eigenvalue weighted by Crippen LogP contribution is 2.57. The van der Waals surface area contributed by atoms with E-state index in [0.717, 1.165) is 59.2 Å². The second-order valence-electron chi connectivity index (χ2n) is 10.2. The lowest BCUT2D eigenvalue weighted by molar-refractivity contribution is -0.137. The number of ether oxygens (including phenoxy) is 1. The van der Waals surface area contributed by atoms with Gasteiger partial charge in [-0.15, -0.1) is 0 Å². The van der Waals surface area contributed by atoms with Crippen LogP contribution in [0.25, 0.3) is 16.6 Å². The molecule has 0 amide bonds. The Morgan fingerprint density at radius 3 is 2.63 bits per heavy atom. The standard InChI is InChI=1S/C30H28F3NO.CH2O2/c1-3-23-21(14-22-15-25(22)23)12-18(2)35-17-19-8-11-24-26(20-9-10-20)16-34(29(24)13-19)28-7-5-4-6-27(28)30(31,32)33;2-1-3/h3-8,11-13,16,20,22,25H,2,9-10,14-15,17H2,1H3;1H,(H,2,3)/b21-12-,23-3+;. The van der Waals surface area contributed by atoms with E-state index in [1.165, 1.54) is 23.6 Å².